The maximum atomic E-state index is 12.2. The van der Waals surface area contributed by atoms with Crippen molar-refractivity contribution in [2.75, 3.05) is 32.7 Å². The Morgan fingerprint density at radius 1 is 1.25 bits per heavy atom. The highest BCUT2D eigenvalue weighted by Crippen LogP contribution is 2.07. The fraction of sp³-hybridized carbons (Fsp3) is 0.556. The number of carbonyl (C=O) groups excluding carboxylic acids is 2. The van der Waals surface area contributed by atoms with Crippen molar-refractivity contribution in [3.63, 3.8) is 0 Å². The van der Waals surface area contributed by atoms with E-state index in [1.807, 2.05) is 6.07 Å². The number of β-amino-alcohol motifs (C(OH)–C–C–N with tert-alkyl or cyclic N) is 1. The minimum atomic E-state index is -0.700. The first kappa shape index (κ1) is 18.3. The SMILES string of the molecule is CC(=O)N1CCN(C(=O)NCCCc2cccc(C)c2)C[C@H](O)C1. The lowest BCUT2D eigenvalue weighted by Gasteiger charge is -2.22. The first-order valence-electron chi connectivity index (χ1n) is 8.47. The fourth-order valence-corrected chi connectivity index (χ4v) is 2.93. The van der Waals surface area contributed by atoms with Gasteiger partial charge in [-0.1, -0.05) is 29.8 Å². The smallest absolute Gasteiger partial charge is 0.317 e. The number of rotatable bonds is 4. The van der Waals surface area contributed by atoms with E-state index in [4.69, 9.17) is 0 Å². The maximum absolute atomic E-state index is 12.2. The first-order chi connectivity index (χ1) is 11.5. The maximum Gasteiger partial charge on any atom is 0.317 e. The Bertz CT molecular complexity index is 576. The van der Waals surface area contributed by atoms with Crippen LogP contribution in [0.15, 0.2) is 24.3 Å². The minimum absolute atomic E-state index is 0.0746. The lowest BCUT2D eigenvalue weighted by atomic mass is 10.1. The van der Waals surface area contributed by atoms with E-state index in [9.17, 15) is 14.7 Å². The summed E-state index contributed by atoms with van der Waals surface area (Å²) in [5, 5.41) is 12.9. The number of hydrogen-bond donors (Lipinski definition) is 2. The molecule has 0 saturated carbocycles. The van der Waals surface area contributed by atoms with E-state index in [1.54, 1.807) is 9.80 Å². The predicted octanol–water partition coefficient (Wildman–Crippen LogP) is 1.16. The van der Waals surface area contributed by atoms with E-state index < -0.39 is 6.10 Å². The number of hydrogen-bond acceptors (Lipinski definition) is 3. The Morgan fingerprint density at radius 3 is 2.67 bits per heavy atom. The summed E-state index contributed by atoms with van der Waals surface area (Å²) in [6, 6.07) is 8.19. The third-order valence-electron chi connectivity index (χ3n) is 4.24. The molecule has 0 radical (unpaired) electrons. The van der Waals surface area contributed by atoms with Crippen molar-refractivity contribution in [2.24, 2.45) is 0 Å². The Kier molecular flexibility index (Phi) is 6.61. The second-order valence-electron chi connectivity index (χ2n) is 6.39. The van der Waals surface area contributed by atoms with Gasteiger partial charge in [-0.2, -0.15) is 0 Å². The highest BCUT2D eigenvalue weighted by Gasteiger charge is 2.25. The molecule has 1 aliphatic rings. The van der Waals surface area contributed by atoms with E-state index >= 15 is 0 Å². The molecule has 1 fully saturated rings. The Hall–Kier alpha value is -2.08. The number of nitrogens with one attached hydrogen (secondary N) is 1. The lowest BCUT2D eigenvalue weighted by Crippen LogP contribution is -2.44. The molecule has 1 heterocycles. The first-order valence-corrected chi connectivity index (χ1v) is 8.47. The van der Waals surface area contributed by atoms with E-state index in [-0.39, 0.29) is 25.0 Å². The van der Waals surface area contributed by atoms with Gasteiger partial charge in [-0.15, -0.1) is 0 Å². The number of carbonyl (C=O) groups is 2. The lowest BCUT2D eigenvalue weighted by molar-refractivity contribution is -0.129. The summed E-state index contributed by atoms with van der Waals surface area (Å²) in [4.78, 5) is 26.8. The topological polar surface area (TPSA) is 72.9 Å². The van der Waals surface area contributed by atoms with Crippen molar-refractivity contribution in [3.8, 4) is 0 Å². The zero-order valence-corrected chi connectivity index (χ0v) is 14.5. The summed E-state index contributed by atoms with van der Waals surface area (Å²) in [6.45, 7) is 5.59. The largest absolute Gasteiger partial charge is 0.389 e. The molecule has 2 rings (SSSR count). The summed E-state index contributed by atoms with van der Waals surface area (Å²) in [5.74, 6) is -0.0746. The third-order valence-corrected chi connectivity index (χ3v) is 4.24. The van der Waals surface area contributed by atoms with Crippen LogP contribution >= 0.6 is 0 Å². The second kappa shape index (κ2) is 8.68. The molecular formula is C18H27N3O3. The molecule has 2 N–H and O–H groups in total. The van der Waals surface area contributed by atoms with Gasteiger partial charge in [0.1, 0.15) is 0 Å². The minimum Gasteiger partial charge on any atom is -0.389 e. The van der Waals surface area contributed by atoms with E-state index in [0.29, 0.717) is 19.6 Å². The zero-order chi connectivity index (χ0) is 17.5. The Morgan fingerprint density at radius 2 is 1.96 bits per heavy atom. The van der Waals surface area contributed by atoms with Crippen molar-refractivity contribution >= 4 is 11.9 Å². The fourth-order valence-electron chi connectivity index (χ4n) is 2.93. The van der Waals surface area contributed by atoms with Gasteiger partial charge in [0.2, 0.25) is 5.91 Å². The van der Waals surface area contributed by atoms with Gasteiger partial charge in [0, 0.05) is 33.1 Å². The molecule has 3 amide bonds. The average Bonchev–Trinajstić information content (AvgIpc) is 2.73. The number of aryl methyl sites for hydroxylation is 2. The van der Waals surface area contributed by atoms with Gasteiger partial charge in [0.05, 0.1) is 12.6 Å². The van der Waals surface area contributed by atoms with Gasteiger partial charge in [-0.25, -0.2) is 4.79 Å². The predicted molar refractivity (Wildman–Crippen MR) is 92.7 cm³/mol. The summed E-state index contributed by atoms with van der Waals surface area (Å²) >= 11 is 0. The van der Waals surface area contributed by atoms with Crippen molar-refractivity contribution < 1.29 is 14.7 Å². The van der Waals surface area contributed by atoms with E-state index in [0.717, 1.165) is 12.8 Å². The van der Waals surface area contributed by atoms with Gasteiger partial charge in [-0.05, 0) is 25.3 Å². The number of urea groups is 1. The van der Waals surface area contributed by atoms with Crippen LogP contribution in [0.5, 0.6) is 0 Å². The highest BCUT2D eigenvalue weighted by atomic mass is 16.3. The Labute approximate surface area is 143 Å². The Balaban J connectivity index is 1.74. The van der Waals surface area contributed by atoms with Crippen molar-refractivity contribution in [1.29, 1.82) is 0 Å². The summed E-state index contributed by atoms with van der Waals surface area (Å²) < 4.78 is 0. The van der Waals surface area contributed by atoms with Crippen molar-refractivity contribution in [1.82, 2.24) is 15.1 Å². The van der Waals surface area contributed by atoms with Crippen LogP contribution in [0.25, 0.3) is 0 Å². The number of amides is 3. The molecular weight excluding hydrogens is 306 g/mol. The molecule has 0 spiro atoms. The van der Waals surface area contributed by atoms with Crippen LogP contribution in [-0.2, 0) is 11.2 Å². The van der Waals surface area contributed by atoms with E-state index in [1.165, 1.54) is 18.1 Å². The van der Waals surface area contributed by atoms with Crippen molar-refractivity contribution in [2.45, 2.75) is 32.8 Å². The van der Waals surface area contributed by atoms with Gasteiger partial charge in [-0.3, -0.25) is 4.79 Å². The monoisotopic (exact) mass is 333 g/mol. The van der Waals surface area contributed by atoms with Gasteiger partial charge >= 0.3 is 6.03 Å². The third kappa shape index (κ3) is 5.53. The van der Waals surface area contributed by atoms with Crippen LogP contribution in [0.2, 0.25) is 0 Å². The quantitative estimate of drug-likeness (QED) is 0.812. The molecule has 1 aromatic carbocycles. The zero-order valence-electron chi connectivity index (χ0n) is 14.5. The number of nitrogens with zero attached hydrogens (tertiary/aromatic N) is 2. The molecule has 132 valence electrons. The summed E-state index contributed by atoms with van der Waals surface area (Å²) in [6.07, 6.45) is 1.09. The van der Waals surface area contributed by atoms with Crippen LogP contribution in [-0.4, -0.2) is 65.7 Å². The average molecular weight is 333 g/mol. The second-order valence-corrected chi connectivity index (χ2v) is 6.39. The van der Waals surface area contributed by atoms with Crippen LogP contribution in [0.3, 0.4) is 0 Å². The summed E-state index contributed by atoms with van der Waals surface area (Å²) in [7, 11) is 0. The number of aliphatic hydroxyl groups excluding tert-OH is 1. The van der Waals surface area contributed by atoms with E-state index in [2.05, 4.69) is 30.4 Å². The molecule has 1 aliphatic heterocycles. The van der Waals surface area contributed by atoms with Crippen molar-refractivity contribution in [3.05, 3.63) is 35.4 Å². The molecule has 0 unspecified atom stereocenters. The molecule has 1 atom stereocenters. The van der Waals surface area contributed by atoms with Crippen LogP contribution in [0, 0.1) is 6.92 Å². The van der Waals surface area contributed by atoms with Gasteiger partial charge in [0.25, 0.3) is 0 Å². The summed E-state index contributed by atoms with van der Waals surface area (Å²) in [5.41, 5.74) is 2.51. The highest BCUT2D eigenvalue weighted by molar-refractivity contribution is 5.75. The molecule has 6 heteroatoms. The van der Waals surface area contributed by atoms with Gasteiger partial charge < -0.3 is 20.2 Å². The van der Waals surface area contributed by atoms with Crippen LogP contribution in [0.4, 0.5) is 4.79 Å². The van der Waals surface area contributed by atoms with Crippen LogP contribution < -0.4 is 5.32 Å². The molecule has 6 nitrogen and oxygen atoms in total. The molecule has 0 aromatic heterocycles. The van der Waals surface area contributed by atoms with Crippen LogP contribution in [0.1, 0.15) is 24.5 Å². The molecule has 24 heavy (non-hydrogen) atoms. The normalized spacial score (nSPS) is 18.2. The number of aliphatic hydroxyl groups is 1. The molecule has 0 bridgehead atoms. The number of benzene rings is 1. The molecule has 0 aliphatic carbocycles. The standard InChI is InChI=1S/C18H27N3O3/c1-14-5-3-6-16(11-14)7-4-8-19-18(24)21-10-9-20(15(2)22)12-17(23)13-21/h3,5-6,11,17,23H,4,7-10,12-13H2,1-2H3,(H,19,24)/t17-/m1/s1. The molecule has 1 saturated heterocycles. The van der Waals surface area contributed by atoms with Gasteiger partial charge in [0.15, 0.2) is 0 Å². The molecule has 1 aromatic rings.